The first-order valence-corrected chi connectivity index (χ1v) is 7.08. The average molecular weight is 256 g/mol. The van der Waals surface area contributed by atoms with Crippen LogP contribution in [0.4, 0.5) is 0 Å². The fraction of sp³-hybridized carbons (Fsp3) is 0.929. The summed E-state index contributed by atoms with van der Waals surface area (Å²) in [7, 11) is 1.76. The summed E-state index contributed by atoms with van der Waals surface area (Å²) in [6.07, 6.45) is 7.27. The lowest BCUT2D eigenvalue weighted by Gasteiger charge is -2.30. The van der Waals surface area contributed by atoms with Crippen LogP contribution >= 0.6 is 0 Å². The van der Waals surface area contributed by atoms with Gasteiger partial charge in [-0.05, 0) is 39.7 Å². The molecule has 0 bridgehead atoms. The first-order valence-electron chi connectivity index (χ1n) is 7.08. The Morgan fingerprint density at radius 3 is 2.56 bits per heavy atom. The van der Waals surface area contributed by atoms with Crippen molar-refractivity contribution in [2.75, 3.05) is 13.7 Å². The average Bonchev–Trinajstić information content (AvgIpc) is 2.37. The Labute approximate surface area is 111 Å². The molecule has 4 heteroatoms. The Hall–Kier alpha value is -0.610. The van der Waals surface area contributed by atoms with Gasteiger partial charge in [-0.25, -0.2) is 0 Å². The number of nitrogens with two attached hydrogens (primary N) is 1. The number of rotatable bonds is 7. The van der Waals surface area contributed by atoms with Crippen LogP contribution in [0.5, 0.6) is 0 Å². The van der Waals surface area contributed by atoms with E-state index < -0.39 is 5.54 Å². The van der Waals surface area contributed by atoms with Crippen molar-refractivity contribution >= 4 is 5.91 Å². The molecule has 18 heavy (non-hydrogen) atoms. The van der Waals surface area contributed by atoms with Gasteiger partial charge in [-0.3, -0.25) is 4.79 Å². The number of hydrogen-bond acceptors (Lipinski definition) is 3. The summed E-state index contributed by atoms with van der Waals surface area (Å²) in [5.41, 5.74) is 4.74. The van der Waals surface area contributed by atoms with Crippen LogP contribution in [0.1, 0.15) is 52.4 Å². The van der Waals surface area contributed by atoms with Crippen molar-refractivity contribution in [3.63, 3.8) is 0 Å². The van der Waals surface area contributed by atoms with Gasteiger partial charge in [0.2, 0.25) is 5.91 Å². The molecule has 0 aromatic rings. The summed E-state index contributed by atoms with van der Waals surface area (Å²) in [6, 6.07) is 0. The van der Waals surface area contributed by atoms with E-state index in [4.69, 9.17) is 10.5 Å². The van der Waals surface area contributed by atoms with Gasteiger partial charge in [-0.15, -0.1) is 0 Å². The van der Waals surface area contributed by atoms with Crippen LogP contribution in [0.3, 0.4) is 0 Å². The largest absolute Gasteiger partial charge is 0.378 e. The van der Waals surface area contributed by atoms with E-state index >= 15 is 0 Å². The quantitative estimate of drug-likeness (QED) is 0.730. The zero-order valence-corrected chi connectivity index (χ0v) is 12.0. The molecule has 0 saturated heterocycles. The maximum Gasteiger partial charge on any atom is 0.237 e. The summed E-state index contributed by atoms with van der Waals surface area (Å²) >= 11 is 0. The zero-order valence-electron chi connectivity index (χ0n) is 12.0. The molecule has 1 fully saturated rings. The monoisotopic (exact) mass is 256 g/mol. The lowest BCUT2D eigenvalue weighted by atomic mass is 9.90. The van der Waals surface area contributed by atoms with E-state index in [2.05, 4.69) is 5.32 Å². The summed E-state index contributed by atoms with van der Waals surface area (Å²) in [5.74, 6) is 0.383. The minimum absolute atomic E-state index is 0.0527. The minimum Gasteiger partial charge on any atom is -0.378 e. The van der Waals surface area contributed by atoms with E-state index in [-0.39, 0.29) is 12.0 Å². The number of ether oxygens (including phenoxy) is 1. The SMILES string of the molecule is CNC(C)(CC(C)OCC1CCCCC1)C(N)=O. The predicted octanol–water partition coefficient (Wildman–Crippen LogP) is 1.83. The molecule has 0 spiro atoms. The topological polar surface area (TPSA) is 64.3 Å². The van der Waals surface area contributed by atoms with Gasteiger partial charge >= 0.3 is 0 Å². The molecule has 0 aliphatic heterocycles. The normalized spacial score (nSPS) is 22.4. The summed E-state index contributed by atoms with van der Waals surface area (Å²) in [5, 5.41) is 2.99. The van der Waals surface area contributed by atoms with Gasteiger partial charge in [0, 0.05) is 13.0 Å². The highest BCUT2D eigenvalue weighted by molar-refractivity contribution is 5.84. The number of amides is 1. The number of primary amides is 1. The summed E-state index contributed by atoms with van der Waals surface area (Å²) in [6.45, 7) is 4.66. The van der Waals surface area contributed by atoms with Crippen LogP contribution in [-0.4, -0.2) is 31.2 Å². The second-order valence-corrected chi connectivity index (χ2v) is 5.80. The molecule has 0 heterocycles. The second-order valence-electron chi connectivity index (χ2n) is 5.80. The van der Waals surface area contributed by atoms with Gasteiger partial charge in [0.1, 0.15) is 0 Å². The third kappa shape index (κ3) is 4.58. The van der Waals surface area contributed by atoms with E-state index in [0.717, 1.165) is 6.61 Å². The summed E-state index contributed by atoms with van der Waals surface area (Å²) in [4.78, 5) is 11.4. The van der Waals surface area contributed by atoms with E-state index in [1.54, 1.807) is 7.05 Å². The number of carbonyl (C=O) groups excluding carboxylic acids is 1. The lowest BCUT2D eigenvalue weighted by molar-refractivity contribution is -0.125. The summed E-state index contributed by atoms with van der Waals surface area (Å²) < 4.78 is 5.88. The fourth-order valence-corrected chi connectivity index (χ4v) is 2.61. The molecule has 1 aliphatic rings. The van der Waals surface area contributed by atoms with Crippen molar-refractivity contribution in [1.29, 1.82) is 0 Å². The van der Waals surface area contributed by atoms with Crippen molar-refractivity contribution in [1.82, 2.24) is 5.32 Å². The highest BCUT2D eigenvalue weighted by Gasteiger charge is 2.31. The van der Waals surface area contributed by atoms with Gasteiger partial charge in [-0.1, -0.05) is 19.3 Å². The molecule has 4 nitrogen and oxygen atoms in total. The lowest BCUT2D eigenvalue weighted by Crippen LogP contribution is -2.53. The van der Waals surface area contributed by atoms with E-state index in [0.29, 0.717) is 12.3 Å². The van der Waals surface area contributed by atoms with Gasteiger partial charge in [0.15, 0.2) is 0 Å². The van der Waals surface area contributed by atoms with Crippen molar-refractivity contribution in [3.8, 4) is 0 Å². The highest BCUT2D eigenvalue weighted by Crippen LogP contribution is 2.24. The molecule has 0 radical (unpaired) electrons. The van der Waals surface area contributed by atoms with Gasteiger partial charge < -0.3 is 15.8 Å². The maximum atomic E-state index is 11.4. The molecule has 2 atom stereocenters. The van der Waals surface area contributed by atoms with Gasteiger partial charge in [0.05, 0.1) is 11.6 Å². The molecule has 0 aromatic heterocycles. The third-order valence-electron chi connectivity index (χ3n) is 4.13. The molecule has 3 N–H and O–H groups in total. The Bertz CT molecular complexity index is 265. The highest BCUT2D eigenvalue weighted by atomic mass is 16.5. The molecular weight excluding hydrogens is 228 g/mol. The Morgan fingerprint density at radius 1 is 1.44 bits per heavy atom. The van der Waals surface area contributed by atoms with E-state index in [9.17, 15) is 4.79 Å². The van der Waals surface area contributed by atoms with Crippen molar-refractivity contribution < 1.29 is 9.53 Å². The third-order valence-corrected chi connectivity index (χ3v) is 4.13. The van der Waals surface area contributed by atoms with Crippen LogP contribution in [0.15, 0.2) is 0 Å². The first kappa shape index (κ1) is 15.4. The van der Waals surface area contributed by atoms with Crippen LogP contribution in [0, 0.1) is 5.92 Å². The predicted molar refractivity (Wildman–Crippen MR) is 73.3 cm³/mol. The molecule has 1 aliphatic carbocycles. The zero-order chi connectivity index (χ0) is 13.6. The fourth-order valence-electron chi connectivity index (χ4n) is 2.61. The minimum atomic E-state index is -0.675. The van der Waals surface area contributed by atoms with Crippen molar-refractivity contribution in [2.45, 2.75) is 64.0 Å². The molecular formula is C14H28N2O2. The van der Waals surface area contributed by atoms with Gasteiger partial charge in [0.25, 0.3) is 0 Å². The Balaban J connectivity index is 2.31. The van der Waals surface area contributed by atoms with Crippen LogP contribution < -0.4 is 11.1 Å². The Kier molecular flexibility index (Phi) is 6.09. The molecule has 2 unspecified atom stereocenters. The smallest absolute Gasteiger partial charge is 0.237 e. The molecule has 1 rings (SSSR count). The molecule has 0 aromatic carbocycles. The maximum absolute atomic E-state index is 11.4. The van der Waals surface area contributed by atoms with Crippen LogP contribution in [0.25, 0.3) is 0 Å². The number of nitrogens with one attached hydrogen (secondary N) is 1. The number of hydrogen-bond donors (Lipinski definition) is 2. The first-order chi connectivity index (χ1) is 8.48. The van der Waals surface area contributed by atoms with Crippen molar-refractivity contribution in [2.24, 2.45) is 11.7 Å². The standard InChI is InChI=1S/C14H28N2O2/c1-11(9-14(2,16-3)13(15)17)18-10-12-7-5-4-6-8-12/h11-12,16H,4-10H2,1-3H3,(H2,15,17). The van der Waals surface area contributed by atoms with Crippen molar-refractivity contribution in [3.05, 3.63) is 0 Å². The van der Waals surface area contributed by atoms with Crippen LogP contribution in [0.2, 0.25) is 0 Å². The molecule has 1 saturated carbocycles. The van der Waals surface area contributed by atoms with Crippen LogP contribution in [-0.2, 0) is 9.53 Å². The number of carbonyl (C=O) groups is 1. The molecule has 106 valence electrons. The molecule has 1 amide bonds. The van der Waals surface area contributed by atoms with E-state index in [1.165, 1.54) is 32.1 Å². The number of likely N-dealkylation sites (N-methyl/N-ethyl adjacent to an activating group) is 1. The Morgan fingerprint density at radius 2 is 2.06 bits per heavy atom. The van der Waals surface area contributed by atoms with Gasteiger partial charge in [-0.2, -0.15) is 0 Å². The van der Waals surface area contributed by atoms with E-state index in [1.807, 2.05) is 13.8 Å². The second kappa shape index (κ2) is 7.10.